The van der Waals surface area contributed by atoms with Gasteiger partial charge in [-0.2, -0.15) is 10.2 Å². The van der Waals surface area contributed by atoms with E-state index >= 15 is 0 Å². The van der Waals surface area contributed by atoms with Crippen LogP contribution in [-0.4, -0.2) is 19.6 Å². The highest BCUT2D eigenvalue weighted by Gasteiger charge is 2.15. The minimum atomic E-state index is -0.178. The summed E-state index contributed by atoms with van der Waals surface area (Å²) < 4.78 is 4.16. The number of hydrogen-bond donors (Lipinski definition) is 1. The fourth-order valence-corrected chi connectivity index (χ4v) is 2.58. The summed E-state index contributed by atoms with van der Waals surface area (Å²) >= 11 is 3.55. The van der Waals surface area contributed by atoms with Gasteiger partial charge in [0.05, 0.1) is 22.4 Å². The minimum Gasteiger partial charge on any atom is -0.382 e. The maximum absolute atomic E-state index is 11.8. The number of anilines is 1. The molecule has 2 heterocycles. The Kier molecular flexibility index (Phi) is 4.04. The van der Waals surface area contributed by atoms with Crippen LogP contribution < -0.4 is 11.3 Å². The van der Waals surface area contributed by atoms with Gasteiger partial charge in [0.25, 0.3) is 5.56 Å². The van der Waals surface area contributed by atoms with Crippen molar-refractivity contribution in [2.45, 2.75) is 33.4 Å². The predicted molar refractivity (Wildman–Crippen MR) is 77.0 cm³/mol. The van der Waals surface area contributed by atoms with E-state index in [9.17, 15) is 4.79 Å². The van der Waals surface area contributed by atoms with Gasteiger partial charge in [0.15, 0.2) is 0 Å². The fraction of sp³-hybridized carbons (Fsp3) is 0.417. The lowest BCUT2D eigenvalue weighted by molar-refractivity contribution is 0.559. The number of nitrogen functional groups attached to an aromatic ring is 1. The zero-order valence-corrected chi connectivity index (χ0v) is 12.5. The van der Waals surface area contributed by atoms with Crippen molar-refractivity contribution in [2.24, 2.45) is 0 Å². The largest absolute Gasteiger partial charge is 0.382 e. The average Bonchev–Trinajstić information content (AvgIpc) is 2.70. The molecule has 102 valence electrons. The standard InChI is InChI=1S/C12H16BrN5O/c1-3-8-12(13)9(17(4-2)15-8)7-18-11(19)6-5-10(14)16-18/h5-6H,3-4,7H2,1-2H3,(H2,14,16). The summed E-state index contributed by atoms with van der Waals surface area (Å²) in [6.45, 7) is 5.15. The van der Waals surface area contributed by atoms with Gasteiger partial charge in [0.1, 0.15) is 5.82 Å². The van der Waals surface area contributed by atoms with Gasteiger partial charge in [0, 0.05) is 12.6 Å². The Morgan fingerprint density at radius 1 is 1.26 bits per heavy atom. The monoisotopic (exact) mass is 325 g/mol. The van der Waals surface area contributed by atoms with Crippen molar-refractivity contribution < 1.29 is 0 Å². The van der Waals surface area contributed by atoms with Crippen LogP contribution in [0.1, 0.15) is 25.2 Å². The normalized spacial score (nSPS) is 10.9. The molecule has 0 aliphatic carbocycles. The summed E-state index contributed by atoms with van der Waals surface area (Å²) in [5.74, 6) is 0.328. The molecule has 6 nitrogen and oxygen atoms in total. The minimum absolute atomic E-state index is 0.178. The number of nitrogens with zero attached hydrogens (tertiary/aromatic N) is 4. The van der Waals surface area contributed by atoms with Crippen molar-refractivity contribution in [3.63, 3.8) is 0 Å². The summed E-state index contributed by atoms with van der Waals surface area (Å²) in [6, 6.07) is 2.92. The molecule has 7 heteroatoms. The molecular weight excluding hydrogens is 310 g/mol. The molecule has 0 aliphatic heterocycles. The molecule has 0 spiro atoms. The first-order valence-corrected chi connectivity index (χ1v) is 6.93. The van der Waals surface area contributed by atoms with E-state index < -0.39 is 0 Å². The van der Waals surface area contributed by atoms with Crippen molar-refractivity contribution in [1.82, 2.24) is 19.6 Å². The van der Waals surface area contributed by atoms with Crippen LogP contribution in [0.3, 0.4) is 0 Å². The Morgan fingerprint density at radius 2 is 2.00 bits per heavy atom. The van der Waals surface area contributed by atoms with Gasteiger partial charge in [-0.1, -0.05) is 6.92 Å². The highest BCUT2D eigenvalue weighted by Crippen LogP contribution is 2.22. The molecule has 2 aromatic heterocycles. The second-order valence-corrected chi connectivity index (χ2v) is 4.92. The van der Waals surface area contributed by atoms with Crippen molar-refractivity contribution in [3.8, 4) is 0 Å². The molecule has 0 amide bonds. The van der Waals surface area contributed by atoms with Gasteiger partial charge in [-0.05, 0) is 35.3 Å². The quantitative estimate of drug-likeness (QED) is 0.921. The van der Waals surface area contributed by atoms with Crippen LogP contribution in [0.25, 0.3) is 0 Å². The van der Waals surface area contributed by atoms with Crippen molar-refractivity contribution >= 4 is 21.7 Å². The molecule has 2 aromatic rings. The Morgan fingerprint density at radius 3 is 2.63 bits per heavy atom. The van der Waals surface area contributed by atoms with Crippen molar-refractivity contribution in [3.05, 3.63) is 38.3 Å². The number of aromatic nitrogens is 4. The zero-order valence-electron chi connectivity index (χ0n) is 10.9. The number of aryl methyl sites for hydroxylation is 2. The lowest BCUT2D eigenvalue weighted by atomic mass is 10.3. The maximum Gasteiger partial charge on any atom is 0.267 e. The van der Waals surface area contributed by atoms with Crippen LogP contribution >= 0.6 is 15.9 Å². The second kappa shape index (κ2) is 5.56. The van der Waals surface area contributed by atoms with E-state index in [2.05, 4.69) is 26.1 Å². The highest BCUT2D eigenvalue weighted by atomic mass is 79.9. The average molecular weight is 326 g/mol. The lowest BCUT2D eigenvalue weighted by Crippen LogP contribution is -2.24. The molecule has 0 radical (unpaired) electrons. The molecule has 19 heavy (non-hydrogen) atoms. The molecular formula is C12H16BrN5O. The Labute approximate surface area is 119 Å². The maximum atomic E-state index is 11.8. The van der Waals surface area contributed by atoms with Crippen molar-refractivity contribution in [2.75, 3.05) is 5.73 Å². The molecule has 0 aliphatic rings. The van der Waals surface area contributed by atoms with Gasteiger partial charge in [-0.3, -0.25) is 9.48 Å². The molecule has 0 saturated heterocycles. The van der Waals surface area contributed by atoms with Gasteiger partial charge in [0.2, 0.25) is 0 Å². The molecule has 0 saturated carbocycles. The molecule has 2 rings (SSSR count). The Bertz CT molecular complexity index is 646. The number of nitrogens with two attached hydrogens (primary N) is 1. The van der Waals surface area contributed by atoms with E-state index in [1.165, 1.54) is 16.8 Å². The summed E-state index contributed by atoms with van der Waals surface area (Å²) in [7, 11) is 0. The SMILES string of the molecule is CCc1nn(CC)c(Cn2nc(N)ccc2=O)c1Br. The number of halogens is 1. The van der Waals surface area contributed by atoms with Crippen LogP contribution in [0, 0.1) is 0 Å². The van der Waals surface area contributed by atoms with E-state index in [-0.39, 0.29) is 5.56 Å². The molecule has 0 atom stereocenters. The Hall–Kier alpha value is -1.63. The van der Waals surface area contributed by atoms with Gasteiger partial charge in [-0.15, -0.1) is 0 Å². The van der Waals surface area contributed by atoms with Gasteiger partial charge in [-0.25, -0.2) is 4.68 Å². The second-order valence-electron chi connectivity index (χ2n) is 4.13. The third-order valence-electron chi connectivity index (χ3n) is 2.88. The molecule has 2 N–H and O–H groups in total. The third-order valence-corrected chi connectivity index (χ3v) is 3.80. The topological polar surface area (TPSA) is 78.7 Å². The number of hydrogen-bond acceptors (Lipinski definition) is 4. The lowest BCUT2D eigenvalue weighted by Gasteiger charge is -2.07. The highest BCUT2D eigenvalue weighted by molar-refractivity contribution is 9.10. The van der Waals surface area contributed by atoms with Gasteiger partial charge >= 0.3 is 0 Å². The van der Waals surface area contributed by atoms with E-state index in [1.54, 1.807) is 0 Å². The molecule has 0 unspecified atom stereocenters. The van der Waals surface area contributed by atoms with Crippen LogP contribution in [0.5, 0.6) is 0 Å². The van der Waals surface area contributed by atoms with E-state index in [0.29, 0.717) is 12.4 Å². The third kappa shape index (κ3) is 2.70. The van der Waals surface area contributed by atoms with Crippen molar-refractivity contribution in [1.29, 1.82) is 0 Å². The first-order chi connectivity index (χ1) is 9.06. The van der Waals surface area contributed by atoms with E-state index in [0.717, 1.165) is 28.8 Å². The summed E-state index contributed by atoms with van der Waals surface area (Å²) in [4.78, 5) is 11.8. The molecule has 0 bridgehead atoms. The summed E-state index contributed by atoms with van der Waals surface area (Å²) in [5.41, 5.74) is 7.35. The molecule has 0 fully saturated rings. The zero-order chi connectivity index (χ0) is 14.0. The number of rotatable bonds is 4. The van der Waals surface area contributed by atoms with Crippen LogP contribution in [0.2, 0.25) is 0 Å². The van der Waals surface area contributed by atoms with Crippen LogP contribution in [0.15, 0.2) is 21.4 Å². The first kappa shape index (κ1) is 13.8. The van der Waals surface area contributed by atoms with Gasteiger partial charge < -0.3 is 5.73 Å². The molecule has 0 aromatic carbocycles. The van der Waals surface area contributed by atoms with E-state index in [1.807, 2.05) is 18.5 Å². The van der Waals surface area contributed by atoms with Crippen LogP contribution in [-0.2, 0) is 19.5 Å². The Balaban J connectivity index is 2.45. The first-order valence-electron chi connectivity index (χ1n) is 6.14. The summed E-state index contributed by atoms with van der Waals surface area (Å²) in [5, 5.41) is 8.53. The van der Waals surface area contributed by atoms with E-state index in [4.69, 9.17) is 5.73 Å². The smallest absolute Gasteiger partial charge is 0.267 e. The summed E-state index contributed by atoms with van der Waals surface area (Å²) in [6.07, 6.45) is 0.833. The van der Waals surface area contributed by atoms with Crippen LogP contribution in [0.4, 0.5) is 5.82 Å². The fourth-order valence-electron chi connectivity index (χ4n) is 1.89. The predicted octanol–water partition coefficient (Wildman–Crippen LogP) is 1.42.